The van der Waals surface area contributed by atoms with Gasteiger partial charge in [0.15, 0.2) is 0 Å². The van der Waals surface area contributed by atoms with Gasteiger partial charge < -0.3 is 10.5 Å². The Labute approximate surface area is 111 Å². The lowest BCUT2D eigenvalue weighted by molar-refractivity contribution is 0.409. The van der Waals surface area contributed by atoms with E-state index in [1.54, 1.807) is 25.1 Å². The Balaban J connectivity index is 2.23. The predicted molar refractivity (Wildman–Crippen MR) is 74.9 cm³/mol. The van der Waals surface area contributed by atoms with Gasteiger partial charge in [-0.25, -0.2) is 4.98 Å². The Kier molecular flexibility index (Phi) is 4.61. The second-order valence-corrected chi connectivity index (χ2v) is 4.98. The largest absolute Gasteiger partial charge is 0.496 e. The Hall–Kier alpha value is -1.52. The van der Waals surface area contributed by atoms with Gasteiger partial charge in [0.05, 0.1) is 17.4 Å². The molecule has 0 aliphatic carbocycles. The summed E-state index contributed by atoms with van der Waals surface area (Å²) in [5.41, 5.74) is 6.98. The van der Waals surface area contributed by atoms with Crippen LogP contribution < -0.4 is 10.5 Å². The summed E-state index contributed by atoms with van der Waals surface area (Å²) >= 11 is 1.66. The van der Waals surface area contributed by atoms with Crippen LogP contribution in [0.5, 0.6) is 5.75 Å². The van der Waals surface area contributed by atoms with Crippen molar-refractivity contribution < 1.29 is 4.74 Å². The summed E-state index contributed by atoms with van der Waals surface area (Å²) in [6.07, 6.45) is 1.79. The molecule has 4 heteroatoms. The van der Waals surface area contributed by atoms with Gasteiger partial charge in [0.25, 0.3) is 0 Å². The molecule has 1 aromatic heterocycles. The quantitative estimate of drug-likeness (QED) is 0.840. The lowest BCUT2D eigenvalue weighted by atomic mass is 10.1. The predicted octanol–water partition coefficient (Wildman–Crippen LogP) is 2.88. The fourth-order valence-corrected chi connectivity index (χ4v) is 2.72. The maximum atomic E-state index is 5.87. The van der Waals surface area contributed by atoms with Gasteiger partial charge in [-0.1, -0.05) is 36.0 Å². The van der Waals surface area contributed by atoms with E-state index in [0.717, 1.165) is 16.3 Å². The molecule has 1 atom stereocenters. The minimum atomic E-state index is 0.149. The summed E-state index contributed by atoms with van der Waals surface area (Å²) in [6.45, 7) is 0.543. The van der Waals surface area contributed by atoms with Crippen LogP contribution in [0.2, 0.25) is 0 Å². The molecule has 1 unspecified atom stereocenters. The van der Waals surface area contributed by atoms with E-state index in [-0.39, 0.29) is 5.25 Å². The molecule has 0 amide bonds. The first-order valence-electron chi connectivity index (χ1n) is 5.76. The first kappa shape index (κ1) is 12.9. The van der Waals surface area contributed by atoms with Gasteiger partial charge in [-0.05, 0) is 18.2 Å². The zero-order valence-corrected chi connectivity index (χ0v) is 11.1. The van der Waals surface area contributed by atoms with Crippen molar-refractivity contribution in [1.82, 2.24) is 4.98 Å². The zero-order chi connectivity index (χ0) is 12.8. The number of nitrogens with two attached hydrogens (primary N) is 1. The summed E-state index contributed by atoms with van der Waals surface area (Å²) in [5, 5.41) is 1.12. The highest BCUT2D eigenvalue weighted by molar-refractivity contribution is 7.99. The molecule has 1 heterocycles. The van der Waals surface area contributed by atoms with Crippen LogP contribution >= 0.6 is 11.8 Å². The molecule has 0 saturated carbocycles. The van der Waals surface area contributed by atoms with Gasteiger partial charge in [0.2, 0.25) is 0 Å². The van der Waals surface area contributed by atoms with Crippen molar-refractivity contribution >= 4 is 11.8 Å². The highest BCUT2D eigenvalue weighted by Crippen LogP contribution is 2.37. The number of hydrogen-bond acceptors (Lipinski definition) is 4. The Bertz CT molecular complexity index is 490. The number of pyridine rings is 1. The fourth-order valence-electron chi connectivity index (χ4n) is 1.73. The van der Waals surface area contributed by atoms with E-state index in [1.165, 1.54) is 0 Å². The van der Waals surface area contributed by atoms with E-state index >= 15 is 0 Å². The van der Waals surface area contributed by atoms with Crippen molar-refractivity contribution in [2.45, 2.75) is 10.3 Å². The molecule has 0 radical (unpaired) electrons. The smallest absolute Gasteiger partial charge is 0.123 e. The van der Waals surface area contributed by atoms with Gasteiger partial charge >= 0.3 is 0 Å². The average Bonchev–Trinajstić information content (AvgIpc) is 2.46. The summed E-state index contributed by atoms with van der Waals surface area (Å²) in [5.74, 6) is 0.872. The molecule has 0 bridgehead atoms. The molecule has 0 spiro atoms. The Morgan fingerprint density at radius 3 is 2.67 bits per heavy atom. The number of thioether (sulfide) groups is 1. The van der Waals surface area contributed by atoms with Crippen LogP contribution in [0, 0.1) is 0 Å². The minimum absolute atomic E-state index is 0.149. The Morgan fingerprint density at radius 2 is 2.00 bits per heavy atom. The number of methoxy groups -OCH3 is 1. The first-order valence-corrected chi connectivity index (χ1v) is 6.63. The average molecular weight is 260 g/mol. The van der Waals surface area contributed by atoms with Gasteiger partial charge in [-0.15, -0.1) is 0 Å². The van der Waals surface area contributed by atoms with Crippen molar-refractivity contribution in [3.63, 3.8) is 0 Å². The first-order chi connectivity index (χ1) is 8.85. The third kappa shape index (κ3) is 3.03. The molecule has 2 N–H and O–H groups in total. The van der Waals surface area contributed by atoms with Crippen LogP contribution in [0.3, 0.4) is 0 Å². The van der Waals surface area contributed by atoms with Crippen LogP contribution in [0.25, 0.3) is 0 Å². The molecular weight excluding hydrogens is 244 g/mol. The summed E-state index contributed by atoms with van der Waals surface area (Å²) in [4.78, 5) is 4.31. The van der Waals surface area contributed by atoms with E-state index in [4.69, 9.17) is 10.5 Å². The third-order valence-electron chi connectivity index (χ3n) is 2.60. The highest BCUT2D eigenvalue weighted by Gasteiger charge is 2.16. The topological polar surface area (TPSA) is 48.1 Å². The van der Waals surface area contributed by atoms with Crippen LogP contribution in [-0.4, -0.2) is 18.6 Å². The lowest BCUT2D eigenvalue weighted by Gasteiger charge is -2.17. The van der Waals surface area contributed by atoms with Crippen LogP contribution in [-0.2, 0) is 0 Å². The molecule has 3 nitrogen and oxygen atoms in total. The van der Waals surface area contributed by atoms with Crippen molar-refractivity contribution in [1.29, 1.82) is 0 Å². The molecule has 2 rings (SSSR count). The van der Waals surface area contributed by atoms with Crippen LogP contribution in [0.1, 0.15) is 10.8 Å². The monoisotopic (exact) mass is 260 g/mol. The molecule has 0 aliphatic heterocycles. The van der Waals surface area contributed by atoms with Gasteiger partial charge in [-0.2, -0.15) is 0 Å². The fraction of sp³-hybridized carbons (Fsp3) is 0.214. The molecule has 0 fully saturated rings. The van der Waals surface area contributed by atoms with Crippen molar-refractivity contribution in [3.05, 3.63) is 54.2 Å². The number of nitrogens with zero attached hydrogens (tertiary/aromatic N) is 1. The molecular formula is C14H16N2OS. The normalized spacial score (nSPS) is 12.1. The number of para-hydroxylation sites is 1. The number of aromatic nitrogens is 1. The molecule has 0 aliphatic rings. The van der Waals surface area contributed by atoms with E-state index in [9.17, 15) is 0 Å². The van der Waals surface area contributed by atoms with Gasteiger partial charge in [-0.3, -0.25) is 0 Å². The van der Waals surface area contributed by atoms with Crippen molar-refractivity contribution in [3.8, 4) is 5.75 Å². The number of rotatable bonds is 5. The maximum absolute atomic E-state index is 5.87. The van der Waals surface area contributed by atoms with E-state index in [0.29, 0.717) is 6.54 Å². The van der Waals surface area contributed by atoms with E-state index in [2.05, 4.69) is 4.98 Å². The van der Waals surface area contributed by atoms with Gasteiger partial charge in [0, 0.05) is 18.3 Å². The van der Waals surface area contributed by atoms with Crippen molar-refractivity contribution in [2.24, 2.45) is 5.73 Å². The van der Waals surface area contributed by atoms with Crippen LogP contribution in [0.15, 0.2) is 53.7 Å². The zero-order valence-electron chi connectivity index (χ0n) is 10.2. The van der Waals surface area contributed by atoms with Crippen LogP contribution in [0.4, 0.5) is 0 Å². The highest BCUT2D eigenvalue weighted by atomic mass is 32.2. The summed E-state index contributed by atoms with van der Waals surface area (Å²) in [6, 6.07) is 13.8. The molecule has 1 aromatic carbocycles. The molecule has 18 heavy (non-hydrogen) atoms. The molecule has 94 valence electrons. The number of benzene rings is 1. The third-order valence-corrected chi connectivity index (χ3v) is 3.81. The minimum Gasteiger partial charge on any atom is -0.496 e. The molecule has 2 aromatic rings. The second-order valence-electron chi connectivity index (χ2n) is 3.75. The number of ether oxygens (including phenoxy) is 1. The van der Waals surface area contributed by atoms with Crippen molar-refractivity contribution in [2.75, 3.05) is 13.7 Å². The summed E-state index contributed by atoms with van der Waals surface area (Å²) < 4.78 is 5.38. The molecule has 0 saturated heterocycles. The van der Waals surface area contributed by atoms with E-state index < -0.39 is 0 Å². The van der Waals surface area contributed by atoms with Gasteiger partial charge in [0.1, 0.15) is 5.75 Å². The number of hydrogen-bond donors (Lipinski definition) is 1. The van der Waals surface area contributed by atoms with E-state index in [1.807, 2.05) is 42.5 Å². The Morgan fingerprint density at radius 1 is 1.22 bits per heavy atom. The lowest BCUT2D eigenvalue weighted by Crippen LogP contribution is -2.10. The SMILES string of the molecule is COc1ccccc1C(CN)Sc1ccccn1. The summed E-state index contributed by atoms with van der Waals surface area (Å²) in [7, 11) is 1.68. The second kappa shape index (κ2) is 6.42. The standard InChI is InChI=1S/C14H16N2OS/c1-17-12-7-3-2-6-11(12)13(10-15)18-14-8-4-5-9-16-14/h2-9,13H,10,15H2,1H3. The maximum Gasteiger partial charge on any atom is 0.123 e.